The zero-order chi connectivity index (χ0) is 14.8. The molecule has 0 aromatic heterocycles. The highest BCUT2D eigenvalue weighted by atomic mass is 16.6. The highest BCUT2D eigenvalue weighted by molar-refractivity contribution is 6.01. The molecule has 0 radical (unpaired) electrons. The molecule has 0 bridgehead atoms. The summed E-state index contributed by atoms with van der Waals surface area (Å²) >= 11 is 0. The third-order valence-corrected chi connectivity index (χ3v) is 2.64. The van der Waals surface area contributed by atoms with Crippen LogP contribution < -0.4 is 5.32 Å². The number of aliphatic carboxylic acids is 1. The van der Waals surface area contributed by atoms with Gasteiger partial charge in [0.25, 0.3) is 11.6 Å². The number of carbonyl (C=O) groups excluding carboxylic acids is 1. The number of carbonyl (C=O) groups is 2. The SMILES string of the molecule is Cc1cccc([N+](=O)[O-])c1C(=O)NC(C)(C)C(=O)O. The van der Waals surface area contributed by atoms with Crippen LogP contribution in [0.15, 0.2) is 18.2 Å². The van der Waals surface area contributed by atoms with E-state index in [1.807, 2.05) is 0 Å². The van der Waals surface area contributed by atoms with Gasteiger partial charge in [-0.15, -0.1) is 0 Å². The second kappa shape index (κ2) is 5.05. The van der Waals surface area contributed by atoms with Crippen LogP contribution in [0.4, 0.5) is 5.69 Å². The first-order chi connectivity index (χ1) is 8.66. The molecule has 19 heavy (non-hydrogen) atoms. The fraction of sp³-hybridized carbons (Fsp3) is 0.333. The number of nitrogens with one attached hydrogen (secondary N) is 1. The Kier molecular flexibility index (Phi) is 3.89. The number of rotatable bonds is 4. The van der Waals surface area contributed by atoms with Crippen molar-refractivity contribution in [1.82, 2.24) is 5.32 Å². The number of benzene rings is 1. The topological polar surface area (TPSA) is 110 Å². The van der Waals surface area contributed by atoms with Crippen molar-refractivity contribution in [1.29, 1.82) is 0 Å². The molecule has 0 atom stereocenters. The number of amides is 1. The summed E-state index contributed by atoms with van der Waals surface area (Å²) in [4.78, 5) is 33.2. The molecule has 0 saturated heterocycles. The van der Waals surface area contributed by atoms with E-state index in [-0.39, 0.29) is 11.3 Å². The maximum Gasteiger partial charge on any atom is 0.328 e. The summed E-state index contributed by atoms with van der Waals surface area (Å²) in [5.41, 5.74) is -1.57. The van der Waals surface area contributed by atoms with Crippen LogP contribution in [0, 0.1) is 17.0 Å². The number of hydrogen-bond donors (Lipinski definition) is 2. The molecule has 0 heterocycles. The monoisotopic (exact) mass is 266 g/mol. The van der Waals surface area contributed by atoms with Gasteiger partial charge in [-0.1, -0.05) is 12.1 Å². The molecule has 1 aromatic rings. The van der Waals surface area contributed by atoms with Crippen molar-refractivity contribution in [3.8, 4) is 0 Å². The zero-order valence-electron chi connectivity index (χ0n) is 10.8. The van der Waals surface area contributed by atoms with E-state index in [0.29, 0.717) is 5.56 Å². The molecular weight excluding hydrogens is 252 g/mol. The third-order valence-electron chi connectivity index (χ3n) is 2.64. The van der Waals surface area contributed by atoms with E-state index in [2.05, 4.69) is 5.32 Å². The van der Waals surface area contributed by atoms with Gasteiger partial charge in [0.05, 0.1) is 4.92 Å². The van der Waals surface area contributed by atoms with E-state index in [4.69, 9.17) is 5.11 Å². The van der Waals surface area contributed by atoms with Crippen molar-refractivity contribution in [2.75, 3.05) is 0 Å². The number of hydrogen-bond acceptors (Lipinski definition) is 4. The number of aryl methyl sites for hydroxylation is 1. The molecule has 0 aliphatic heterocycles. The Bertz CT molecular complexity index is 551. The molecule has 0 fully saturated rings. The minimum Gasteiger partial charge on any atom is -0.480 e. The summed E-state index contributed by atoms with van der Waals surface area (Å²) in [6.07, 6.45) is 0. The molecule has 2 N–H and O–H groups in total. The van der Waals surface area contributed by atoms with E-state index in [0.717, 1.165) is 0 Å². The number of nitro benzene ring substituents is 1. The molecule has 0 unspecified atom stereocenters. The summed E-state index contributed by atoms with van der Waals surface area (Å²) in [5.74, 6) is -2.01. The van der Waals surface area contributed by atoms with Gasteiger partial charge in [0.2, 0.25) is 0 Å². The van der Waals surface area contributed by atoms with E-state index in [1.54, 1.807) is 13.0 Å². The molecule has 1 aromatic carbocycles. The van der Waals surface area contributed by atoms with E-state index in [1.165, 1.54) is 26.0 Å². The summed E-state index contributed by atoms with van der Waals surface area (Å²) in [6.45, 7) is 4.16. The van der Waals surface area contributed by atoms with Crippen LogP contribution in [-0.4, -0.2) is 27.4 Å². The first kappa shape index (κ1) is 14.6. The van der Waals surface area contributed by atoms with Gasteiger partial charge in [0, 0.05) is 6.07 Å². The van der Waals surface area contributed by atoms with Crippen molar-refractivity contribution in [2.24, 2.45) is 0 Å². The lowest BCUT2D eigenvalue weighted by Gasteiger charge is -2.21. The molecule has 1 amide bonds. The summed E-state index contributed by atoms with van der Waals surface area (Å²) in [6, 6.07) is 4.22. The lowest BCUT2D eigenvalue weighted by molar-refractivity contribution is -0.385. The van der Waals surface area contributed by atoms with E-state index in [9.17, 15) is 19.7 Å². The summed E-state index contributed by atoms with van der Waals surface area (Å²) in [7, 11) is 0. The highest BCUT2D eigenvalue weighted by Crippen LogP contribution is 2.22. The minimum atomic E-state index is -1.51. The molecule has 0 saturated carbocycles. The smallest absolute Gasteiger partial charge is 0.328 e. The van der Waals surface area contributed by atoms with Gasteiger partial charge in [-0.2, -0.15) is 0 Å². The number of nitro groups is 1. The van der Waals surface area contributed by atoms with Crippen LogP contribution in [0.2, 0.25) is 0 Å². The van der Waals surface area contributed by atoms with Gasteiger partial charge in [0.15, 0.2) is 0 Å². The van der Waals surface area contributed by atoms with E-state index >= 15 is 0 Å². The predicted octanol–water partition coefficient (Wildman–Crippen LogP) is 1.50. The Morgan fingerprint density at radius 1 is 1.37 bits per heavy atom. The first-order valence-corrected chi connectivity index (χ1v) is 5.46. The third kappa shape index (κ3) is 3.06. The van der Waals surface area contributed by atoms with Gasteiger partial charge in [-0.05, 0) is 26.3 Å². The van der Waals surface area contributed by atoms with Crippen molar-refractivity contribution < 1.29 is 19.6 Å². The van der Waals surface area contributed by atoms with Gasteiger partial charge in [0.1, 0.15) is 11.1 Å². The van der Waals surface area contributed by atoms with Crippen molar-refractivity contribution >= 4 is 17.6 Å². The second-order valence-corrected chi connectivity index (χ2v) is 4.61. The van der Waals surface area contributed by atoms with Crippen molar-refractivity contribution in [3.63, 3.8) is 0 Å². The van der Waals surface area contributed by atoms with E-state index < -0.39 is 22.3 Å². The highest BCUT2D eigenvalue weighted by Gasteiger charge is 2.32. The molecule has 7 nitrogen and oxygen atoms in total. The lowest BCUT2D eigenvalue weighted by Crippen LogP contribution is -2.49. The van der Waals surface area contributed by atoms with Crippen LogP contribution in [0.5, 0.6) is 0 Å². The maximum atomic E-state index is 12.0. The predicted molar refractivity (Wildman–Crippen MR) is 67.0 cm³/mol. The quantitative estimate of drug-likeness (QED) is 0.633. The van der Waals surface area contributed by atoms with Crippen LogP contribution in [0.25, 0.3) is 0 Å². The zero-order valence-corrected chi connectivity index (χ0v) is 10.8. The van der Waals surface area contributed by atoms with Gasteiger partial charge < -0.3 is 10.4 Å². The standard InChI is InChI=1S/C12H14N2O5/c1-7-5-4-6-8(14(18)19)9(7)10(15)13-12(2,3)11(16)17/h4-6H,1-3H3,(H,13,15)(H,16,17). The largest absolute Gasteiger partial charge is 0.480 e. The molecular formula is C12H14N2O5. The van der Waals surface area contributed by atoms with Crippen LogP contribution in [-0.2, 0) is 4.79 Å². The van der Waals surface area contributed by atoms with Crippen LogP contribution in [0.3, 0.4) is 0 Å². The first-order valence-electron chi connectivity index (χ1n) is 5.46. The minimum absolute atomic E-state index is 0.123. The Morgan fingerprint density at radius 2 is 1.95 bits per heavy atom. The Balaban J connectivity index is 3.21. The molecule has 0 spiro atoms. The number of nitrogens with zero attached hydrogens (tertiary/aromatic N) is 1. The fourth-order valence-electron chi connectivity index (χ4n) is 1.50. The second-order valence-electron chi connectivity index (χ2n) is 4.61. The average Bonchev–Trinajstić information content (AvgIpc) is 2.27. The molecule has 1 rings (SSSR count). The summed E-state index contributed by atoms with van der Waals surface area (Å²) < 4.78 is 0. The Labute approximate surface area is 109 Å². The normalized spacial score (nSPS) is 10.9. The van der Waals surface area contributed by atoms with Gasteiger partial charge in [-0.3, -0.25) is 14.9 Å². The number of carboxylic acids is 1. The van der Waals surface area contributed by atoms with Crippen LogP contribution in [0.1, 0.15) is 29.8 Å². The summed E-state index contributed by atoms with van der Waals surface area (Å²) in [5, 5.41) is 22.1. The lowest BCUT2D eigenvalue weighted by atomic mass is 10.0. The molecule has 0 aliphatic rings. The fourth-order valence-corrected chi connectivity index (χ4v) is 1.50. The van der Waals surface area contributed by atoms with Gasteiger partial charge in [-0.25, -0.2) is 4.79 Å². The molecule has 7 heteroatoms. The Morgan fingerprint density at radius 3 is 2.42 bits per heavy atom. The van der Waals surface area contributed by atoms with Crippen LogP contribution >= 0.6 is 0 Å². The molecule has 102 valence electrons. The van der Waals surface area contributed by atoms with Gasteiger partial charge >= 0.3 is 5.97 Å². The Hall–Kier alpha value is -2.44. The average molecular weight is 266 g/mol. The van der Waals surface area contributed by atoms with Crippen molar-refractivity contribution in [2.45, 2.75) is 26.3 Å². The maximum absolute atomic E-state index is 12.0. The molecule has 0 aliphatic carbocycles. The van der Waals surface area contributed by atoms with Crippen molar-refractivity contribution in [3.05, 3.63) is 39.4 Å². The number of carboxylic acid groups (broad SMARTS) is 1.